The molecule has 0 unspecified atom stereocenters. The number of nitriles is 1. The van der Waals surface area contributed by atoms with Crippen molar-refractivity contribution in [2.24, 2.45) is 0 Å². The van der Waals surface area contributed by atoms with E-state index in [1.54, 1.807) is 23.6 Å². The van der Waals surface area contributed by atoms with Gasteiger partial charge in [-0.2, -0.15) is 5.26 Å². The number of thiazole rings is 1. The lowest BCUT2D eigenvalue weighted by Gasteiger charge is -2.04. The van der Waals surface area contributed by atoms with Crippen LogP contribution in [0.3, 0.4) is 0 Å². The fraction of sp³-hybridized carbons (Fsp3) is 0.154. The summed E-state index contributed by atoms with van der Waals surface area (Å²) in [6, 6.07) is 7.74. The molecule has 0 aliphatic heterocycles. The summed E-state index contributed by atoms with van der Waals surface area (Å²) in [7, 11) is 0. The smallest absolute Gasteiger partial charge is 0.125 e. The second kappa shape index (κ2) is 5.00. The zero-order valence-electron chi connectivity index (χ0n) is 9.88. The van der Waals surface area contributed by atoms with Crippen LogP contribution in [0, 0.1) is 11.3 Å². The van der Waals surface area contributed by atoms with Gasteiger partial charge in [0.2, 0.25) is 0 Å². The fourth-order valence-electron chi connectivity index (χ4n) is 2.03. The predicted octanol–water partition coefficient (Wildman–Crippen LogP) is 3.15. The summed E-state index contributed by atoms with van der Waals surface area (Å²) in [5.74, 6) is 1.07. The van der Waals surface area contributed by atoms with E-state index >= 15 is 0 Å². The molecule has 2 heterocycles. The lowest BCUT2D eigenvalue weighted by molar-refractivity contribution is 0.773. The van der Waals surface area contributed by atoms with E-state index in [-0.39, 0.29) is 0 Å². The molecule has 0 N–H and O–H groups in total. The van der Waals surface area contributed by atoms with Gasteiger partial charge in [0.15, 0.2) is 0 Å². The average molecular weight is 289 g/mol. The van der Waals surface area contributed by atoms with Crippen molar-refractivity contribution in [1.29, 1.82) is 5.26 Å². The van der Waals surface area contributed by atoms with Crippen LogP contribution in [0.1, 0.15) is 16.4 Å². The first kappa shape index (κ1) is 12.2. The van der Waals surface area contributed by atoms with Gasteiger partial charge in [0.05, 0.1) is 23.5 Å². The SMILES string of the molecule is N#Cc1cccc2c1nc(CCl)n2Cc1nccs1. The van der Waals surface area contributed by atoms with E-state index in [9.17, 15) is 0 Å². The molecule has 2 aromatic heterocycles. The summed E-state index contributed by atoms with van der Waals surface area (Å²) in [4.78, 5) is 8.75. The van der Waals surface area contributed by atoms with Crippen LogP contribution in [-0.4, -0.2) is 14.5 Å². The number of imidazole rings is 1. The molecule has 3 aromatic rings. The Balaban J connectivity index is 2.19. The molecule has 0 aliphatic carbocycles. The molecule has 0 saturated heterocycles. The molecule has 1 aromatic carbocycles. The van der Waals surface area contributed by atoms with Gasteiger partial charge in [-0.15, -0.1) is 22.9 Å². The first-order valence-corrected chi connectivity index (χ1v) is 7.07. The monoisotopic (exact) mass is 288 g/mol. The highest BCUT2D eigenvalue weighted by atomic mass is 35.5. The van der Waals surface area contributed by atoms with Crippen molar-refractivity contribution in [3.8, 4) is 6.07 Å². The molecule has 19 heavy (non-hydrogen) atoms. The Labute approximate surface area is 118 Å². The Morgan fingerprint density at radius 2 is 2.32 bits per heavy atom. The standard InChI is InChI=1S/C13H9ClN4S/c14-6-11-17-13-9(7-15)2-1-3-10(13)18(11)8-12-16-4-5-19-12/h1-5H,6,8H2. The van der Waals surface area contributed by atoms with Crippen LogP contribution in [0.5, 0.6) is 0 Å². The van der Waals surface area contributed by atoms with E-state index in [2.05, 4.69) is 16.0 Å². The number of fused-ring (bicyclic) bond motifs is 1. The maximum absolute atomic E-state index is 9.12. The Kier molecular flexibility index (Phi) is 3.20. The Morgan fingerprint density at radius 3 is 3.00 bits per heavy atom. The van der Waals surface area contributed by atoms with Crippen molar-refractivity contribution in [2.75, 3.05) is 0 Å². The number of nitrogens with zero attached hydrogens (tertiary/aromatic N) is 4. The van der Waals surface area contributed by atoms with Crippen molar-refractivity contribution >= 4 is 34.0 Å². The third-order valence-electron chi connectivity index (χ3n) is 2.87. The maximum atomic E-state index is 9.12. The summed E-state index contributed by atoms with van der Waals surface area (Å²) in [5, 5.41) is 12.1. The largest absolute Gasteiger partial charge is 0.320 e. The number of alkyl halides is 1. The highest BCUT2D eigenvalue weighted by molar-refractivity contribution is 7.09. The maximum Gasteiger partial charge on any atom is 0.125 e. The van der Waals surface area contributed by atoms with Gasteiger partial charge in [-0.3, -0.25) is 0 Å². The van der Waals surface area contributed by atoms with Gasteiger partial charge in [-0.1, -0.05) is 6.07 Å². The van der Waals surface area contributed by atoms with Gasteiger partial charge in [0.25, 0.3) is 0 Å². The van der Waals surface area contributed by atoms with Crippen LogP contribution < -0.4 is 0 Å². The summed E-state index contributed by atoms with van der Waals surface area (Å²) in [6.07, 6.45) is 1.78. The number of hydrogen-bond acceptors (Lipinski definition) is 4. The number of halogens is 1. The van der Waals surface area contributed by atoms with Crippen molar-refractivity contribution in [3.05, 3.63) is 46.2 Å². The molecule has 0 aliphatic rings. The predicted molar refractivity (Wildman–Crippen MR) is 75.2 cm³/mol. The summed E-state index contributed by atoms with van der Waals surface area (Å²) >= 11 is 7.55. The van der Waals surface area contributed by atoms with Crippen LogP contribution in [0.4, 0.5) is 0 Å². The quantitative estimate of drug-likeness (QED) is 0.696. The third kappa shape index (κ3) is 2.09. The van der Waals surface area contributed by atoms with Crippen molar-refractivity contribution in [2.45, 2.75) is 12.4 Å². The normalized spacial score (nSPS) is 10.7. The van der Waals surface area contributed by atoms with Gasteiger partial charge in [-0.05, 0) is 12.1 Å². The second-order valence-corrected chi connectivity index (χ2v) is 5.21. The van der Waals surface area contributed by atoms with Gasteiger partial charge in [0, 0.05) is 11.6 Å². The van der Waals surface area contributed by atoms with Gasteiger partial charge >= 0.3 is 0 Å². The zero-order chi connectivity index (χ0) is 13.2. The molecular formula is C13H9ClN4S. The fourth-order valence-corrected chi connectivity index (χ4v) is 2.84. The number of benzene rings is 1. The van der Waals surface area contributed by atoms with Crippen LogP contribution in [0.15, 0.2) is 29.8 Å². The van der Waals surface area contributed by atoms with E-state index in [0.29, 0.717) is 23.5 Å². The Morgan fingerprint density at radius 1 is 1.42 bits per heavy atom. The summed E-state index contributed by atoms with van der Waals surface area (Å²) in [5.41, 5.74) is 2.20. The lowest BCUT2D eigenvalue weighted by Crippen LogP contribution is -2.03. The van der Waals surface area contributed by atoms with E-state index < -0.39 is 0 Å². The molecule has 4 nitrogen and oxygen atoms in total. The molecular weight excluding hydrogens is 280 g/mol. The Hall–Kier alpha value is -1.90. The van der Waals surface area contributed by atoms with Crippen molar-refractivity contribution in [1.82, 2.24) is 14.5 Å². The minimum absolute atomic E-state index is 0.310. The van der Waals surface area contributed by atoms with Crippen LogP contribution in [0.25, 0.3) is 11.0 Å². The van der Waals surface area contributed by atoms with E-state index in [4.69, 9.17) is 16.9 Å². The first-order chi connectivity index (χ1) is 9.33. The van der Waals surface area contributed by atoms with Crippen LogP contribution in [-0.2, 0) is 12.4 Å². The molecule has 0 fully saturated rings. The molecule has 6 heteroatoms. The molecule has 0 saturated carbocycles. The minimum Gasteiger partial charge on any atom is -0.320 e. The Bertz CT molecular complexity index is 755. The molecule has 94 valence electrons. The van der Waals surface area contributed by atoms with Crippen LogP contribution in [0.2, 0.25) is 0 Å². The van der Waals surface area contributed by atoms with Crippen molar-refractivity contribution < 1.29 is 0 Å². The van der Waals surface area contributed by atoms with Crippen molar-refractivity contribution in [3.63, 3.8) is 0 Å². The molecule has 3 rings (SSSR count). The number of hydrogen-bond donors (Lipinski definition) is 0. The third-order valence-corrected chi connectivity index (χ3v) is 3.88. The highest BCUT2D eigenvalue weighted by Gasteiger charge is 2.13. The second-order valence-electron chi connectivity index (χ2n) is 3.96. The van der Waals surface area contributed by atoms with Gasteiger partial charge in [0.1, 0.15) is 22.4 Å². The lowest BCUT2D eigenvalue weighted by atomic mass is 10.2. The van der Waals surface area contributed by atoms with E-state index in [0.717, 1.165) is 16.3 Å². The molecule has 0 radical (unpaired) electrons. The highest BCUT2D eigenvalue weighted by Crippen LogP contribution is 2.22. The molecule has 0 spiro atoms. The summed E-state index contributed by atoms with van der Waals surface area (Å²) < 4.78 is 2.02. The van der Waals surface area contributed by atoms with E-state index in [1.807, 2.05) is 22.1 Å². The molecule has 0 bridgehead atoms. The van der Waals surface area contributed by atoms with E-state index in [1.165, 1.54) is 0 Å². The number of aromatic nitrogens is 3. The van der Waals surface area contributed by atoms with Crippen LogP contribution >= 0.6 is 22.9 Å². The zero-order valence-corrected chi connectivity index (χ0v) is 11.4. The molecule has 0 amide bonds. The number of rotatable bonds is 3. The van der Waals surface area contributed by atoms with Gasteiger partial charge < -0.3 is 4.57 Å². The minimum atomic E-state index is 0.310. The first-order valence-electron chi connectivity index (χ1n) is 5.66. The molecule has 0 atom stereocenters. The number of para-hydroxylation sites is 1. The average Bonchev–Trinajstić information content (AvgIpc) is 3.07. The summed E-state index contributed by atoms with van der Waals surface area (Å²) in [6.45, 7) is 0.630. The van der Waals surface area contributed by atoms with Gasteiger partial charge in [-0.25, -0.2) is 9.97 Å². The topological polar surface area (TPSA) is 54.5 Å².